The summed E-state index contributed by atoms with van der Waals surface area (Å²) in [4.78, 5) is 4.78. The number of hydrogen-bond donors (Lipinski definition) is 0. The van der Waals surface area contributed by atoms with E-state index in [-0.39, 0.29) is 0 Å². The molecule has 4 aromatic rings. The maximum absolute atomic E-state index is 4.78. The average molecular weight is 568 g/mol. The van der Waals surface area contributed by atoms with Gasteiger partial charge in [-0.3, -0.25) is 4.98 Å². The average Bonchev–Trinajstić information content (AvgIpc) is 3.07. The first kappa shape index (κ1) is 26.8. The molecule has 0 radical (unpaired) electrons. The van der Waals surface area contributed by atoms with Crippen molar-refractivity contribution in [3.63, 3.8) is 0 Å². The highest BCUT2D eigenvalue weighted by molar-refractivity contribution is 5.95. The van der Waals surface area contributed by atoms with Crippen LogP contribution in [0.4, 0.5) is 0 Å². The smallest absolute Gasteiger partial charge is 0.0699 e. The number of benzene rings is 3. The molecule has 0 amide bonds. The molecular weight excluding hydrogens is 530 g/mol. The van der Waals surface area contributed by atoms with Crippen LogP contribution in [0.2, 0.25) is 0 Å². The first-order valence-corrected chi connectivity index (χ1v) is 16.1. The maximum atomic E-state index is 4.78. The zero-order chi connectivity index (χ0) is 29.6. The van der Waals surface area contributed by atoms with Crippen molar-refractivity contribution in [1.29, 1.82) is 0 Å². The van der Waals surface area contributed by atoms with Crippen LogP contribution < -0.4 is 20.9 Å². The molecule has 2 unspecified atom stereocenters. The largest absolute Gasteiger partial charge is 0.256 e. The van der Waals surface area contributed by atoms with Gasteiger partial charge in [-0.25, -0.2) is 0 Å². The van der Waals surface area contributed by atoms with Crippen LogP contribution in [0.25, 0.3) is 39.5 Å². The van der Waals surface area contributed by atoms with Crippen molar-refractivity contribution in [2.75, 3.05) is 0 Å². The predicted octanol–water partition coefficient (Wildman–Crippen LogP) is 7.27. The van der Waals surface area contributed by atoms with E-state index >= 15 is 0 Å². The third-order valence-electron chi connectivity index (χ3n) is 9.83. The normalized spacial score (nSPS) is 20.3. The highest BCUT2D eigenvalue weighted by Gasteiger charge is 2.34. The van der Waals surface area contributed by atoms with Crippen LogP contribution in [0.3, 0.4) is 0 Å². The van der Waals surface area contributed by atoms with Crippen LogP contribution in [-0.2, 0) is 0 Å². The maximum Gasteiger partial charge on any atom is 0.0699 e. The Morgan fingerprint density at radius 2 is 1.34 bits per heavy atom. The predicted molar refractivity (Wildman–Crippen MR) is 185 cm³/mol. The minimum atomic E-state index is 0.307. The van der Waals surface area contributed by atoms with Gasteiger partial charge >= 0.3 is 0 Å². The molecule has 44 heavy (non-hydrogen) atoms. The lowest BCUT2D eigenvalue weighted by molar-refractivity contribution is 0.681. The SMILES string of the molecule is Cc1ccc(-c2cccc3c2=CCCC=3C2=c3ccccc3=C(C3=CC(c4ccc(C)cn4)=CCC3)C3C=CC=CC23)cc1. The molecule has 4 aliphatic rings. The Kier molecular flexibility index (Phi) is 6.75. The zero-order valence-corrected chi connectivity index (χ0v) is 25.6. The lowest BCUT2D eigenvalue weighted by atomic mass is 9.68. The summed E-state index contributed by atoms with van der Waals surface area (Å²) in [6.07, 6.45) is 22.9. The van der Waals surface area contributed by atoms with Crippen LogP contribution in [0, 0.1) is 25.7 Å². The van der Waals surface area contributed by atoms with Gasteiger partial charge in [0.15, 0.2) is 0 Å². The van der Waals surface area contributed by atoms with Crippen molar-refractivity contribution in [1.82, 2.24) is 4.98 Å². The number of aryl methyl sites for hydroxylation is 2. The molecule has 3 aromatic carbocycles. The van der Waals surface area contributed by atoms with Crippen LogP contribution in [0.5, 0.6) is 0 Å². The summed E-state index contributed by atoms with van der Waals surface area (Å²) in [5.41, 5.74) is 13.4. The van der Waals surface area contributed by atoms with Crippen molar-refractivity contribution >= 4 is 28.4 Å². The first-order valence-electron chi connectivity index (χ1n) is 16.1. The van der Waals surface area contributed by atoms with E-state index in [4.69, 9.17) is 4.98 Å². The number of nitrogens with zero attached hydrogens (tertiary/aromatic N) is 1. The summed E-state index contributed by atoms with van der Waals surface area (Å²) in [7, 11) is 0. The Labute approximate surface area is 260 Å². The monoisotopic (exact) mass is 567 g/mol. The van der Waals surface area contributed by atoms with Gasteiger partial charge in [-0.1, -0.05) is 115 Å². The van der Waals surface area contributed by atoms with Crippen molar-refractivity contribution in [2.45, 2.75) is 39.5 Å². The Morgan fingerprint density at radius 1 is 0.636 bits per heavy atom. The van der Waals surface area contributed by atoms with Crippen molar-refractivity contribution < 1.29 is 0 Å². The Morgan fingerprint density at radius 3 is 2.11 bits per heavy atom. The van der Waals surface area contributed by atoms with Crippen molar-refractivity contribution in [3.8, 4) is 11.1 Å². The second-order valence-corrected chi connectivity index (χ2v) is 12.6. The van der Waals surface area contributed by atoms with Crippen LogP contribution in [0.1, 0.15) is 42.5 Å². The number of allylic oxidation sites excluding steroid dienone is 8. The van der Waals surface area contributed by atoms with Gasteiger partial charge in [0, 0.05) is 18.0 Å². The molecule has 214 valence electrons. The van der Waals surface area contributed by atoms with E-state index in [0.29, 0.717) is 11.8 Å². The number of hydrogen-bond acceptors (Lipinski definition) is 1. The van der Waals surface area contributed by atoms with Crippen molar-refractivity contribution in [3.05, 3.63) is 165 Å². The molecule has 1 nitrogen and oxygen atoms in total. The van der Waals surface area contributed by atoms with Gasteiger partial charge in [-0.15, -0.1) is 0 Å². The number of aromatic nitrogens is 1. The Balaban J connectivity index is 1.39. The molecular formula is C43H37N. The lowest BCUT2D eigenvalue weighted by Gasteiger charge is -2.36. The van der Waals surface area contributed by atoms with E-state index in [1.807, 2.05) is 6.20 Å². The van der Waals surface area contributed by atoms with Gasteiger partial charge in [0.1, 0.15) is 0 Å². The molecule has 2 atom stereocenters. The minimum Gasteiger partial charge on any atom is -0.256 e. The number of fused-ring (bicyclic) bond motifs is 3. The summed E-state index contributed by atoms with van der Waals surface area (Å²) in [5, 5.41) is 5.58. The van der Waals surface area contributed by atoms with Gasteiger partial charge in [0.2, 0.25) is 0 Å². The summed E-state index contributed by atoms with van der Waals surface area (Å²) < 4.78 is 0. The van der Waals surface area contributed by atoms with Crippen LogP contribution in [0.15, 0.2) is 127 Å². The molecule has 0 aliphatic heterocycles. The van der Waals surface area contributed by atoms with Crippen LogP contribution in [-0.4, -0.2) is 4.98 Å². The molecule has 0 fully saturated rings. The zero-order valence-electron chi connectivity index (χ0n) is 25.6. The summed E-state index contributed by atoms with van der Waals surface area (Å²) in [5.74, 6) is 0.616. The highest BCUT2D eigenvalue weighted by atomic mass is 14.7. The fraction of sp³-hybridized carbons (Fsp3) is 0.186. The molecule has 1 aromatic heterocycles. The Hall–Kier alpha value is -4.75. The van der Waals surface area contributed by atoms with E-state index in [0.717, 1.165) is 31.4 Å². The lowest BCUT2D eigenvalue weighted by Crippen LogP contribution is -2.42. The van der Waals surface area contributed by atoms with Crippen molar-refractivity contribution in [2.24, 2.45) is 11.8 Å². The number of rotatable bonds is 4. The van der Waals surface area contributed by atoms with E-state index in [2.05, 4.69) is 135 Å². The van der Waals surface area contributed by atoms with E-state index in [1.165, 1.54) is 71.0 Å². The molecule has 1 heteroatoms. The summed E-state index contributed by atoms with van der Waals surface area (Å²) >= 11 is 0. The van der Waals surface area contributed by atoms with Gasteiger partial charge in [-0.05, 0) is 117 Å². The third kappa shape index (κ3) is 4.59. The second kappa shape index (κ2) is 11.1. The topological polar surface area (TPSA) is 12.9 Å². The quantitative estimate of drug-likeness (QED) is 0.253. The summed E-state index contributed by atoms with van der Waals surface area (Å²) in [6, 6.07) is 29.5. The van der Waals surface area contributed by atoms with Gasteiger partial charge in [-0.2, -0.15) is 0 Å². The second-order valence-electron chi connectivity index (χ2n) is 12.6. The van der Waals surface area contributed by atoms with E-state index < -0.39 is 0 Å². The molecule has 0 N–H and O–H groups in total. The number of pyridine rings is 1. The minimum absolute atomic E-state index is 0.307. The van der Waals surface area contributed by atoms with Gasteiger partial charge in [0.05, 0.1) is 5.69 Å². The van der Waals surface area contributed by atoms with Gasteiger partial charge in [0.25, 0.3) is 0 Å². The fourth-order valence-electron chi connectivity index (χ4n) is 7.76. The Bertz CT molecular complexity index is 2170. The highest BCUT2D eigenvalue weighted by Crippen LogP contribution is 2.43. The summed E-state index contributed by atoms with van der Waals surface area (Å²) in [6.45, 7) is 4.26. The molecule has 8 rings (SSSR count). The van der Waals surface area contributed by atoms with E-state index in [9.17, 15) is 0 Å². The van der Waals surface area contributed by atoms with Gasteiger partial charge < -0.3 is 0 Å². The molecule has 0 spiro atoms. The molecule has 4 aliphatic carbocycles. The third-order valence-corrected chi connectivity index (χ3v) is 9.83. The standard InChI is InChI=1S/C43H37N/c1-28-20-23-30(24-21-28)33-16-8-18-35-34(33)17-9-19-36(35)43-39-14-5-3-12-37(39)42(38-13-4-6-15-40(38)43)32-11-7-10-31(26-32)41-25-22-29(2)27-44-41/h3-6,8,10,12-18,20-27,37,39H,7,9,11,19H2,1-2H3. The van der Waals surface area contributed by atoms with Crippen LogP contribution >= 0.6 is 0 Å². The molecule has 0 bridgehead atoms. The first-order chi connectivity index (χ1) is 21.7. The molecule has 0 saturated carbocycles. The van der Waals surface area contributed by atoms with E-state index in [1.54, 1.807) is 0 Å². The fourth-order valence-corrected chi connectivity index (χ4v) is 7.76. The molecule has 1 heterocycles. The molecule has 0 saturated heterocycles.